The van der Waals surface area contributed by atoms with Crippen LogP contribution < -0.4 is 30.6 Å². The third-order valence-corrected chi connectivity index (χ3v) is 5.91. The first-order valence-corrected chi connectivity index (χ1v) is 11.0. The fourth-order valence-corrected chi connectivity index (χ4v) is 4.21. The first-order valence-electron chi connectivity index (χ1n) is 11.0. The van der Waals surface area contributed by atoms with Gasteiger partial charge < -0.3 is 24.7 Å². The third-order valence-electron chi connectivity index (χ3n) is 5.91. The molecule has 1 atom stereocenters. The Morgan fingerprint density at radius 2 is 2.12 bits per heavy atom. The molecule has 11 heteroatoms. The van der Waals surface area contributed by atoms with Crippen molar-refractivity contribution in [1.82, 2.24) is 19.9 Å². The number of aromatic nitrogens is 3. The summed E-state index contributed by atoms with van der Waals surface area (Å²) in [7, 11) is 1.58. The monoisotopic (exact) mass is 464 g/mol. The zero-order valence-corrected chi connectivity index (χ0v) is 18.6. The molecule has 2 amide bonds. The summed E-state index contributed by atoms with van der Waals surface area (Å²) in [6.45, 7) is 1.56. The van der Waals surface area contributed by atoms with Gasteiger partial charge in [0.1, 0.15) is 11.6 Å². The zero-order valence-electron chi connectivity index (χ0n) is 18.6. The summed E-state index contributed by atoms with van der Waals surface area (Å²) in [6.07, 6.45) is 2.37. The molecule has 34 heavy (non-hydrogen) atoms. The number of hydrogen-bond acceptors (Lipinski definition) is 8. The van der Waals surface area contributed by atoms with E-state index in [-0.39, 0.29) is 30.0 Å². The van der Waals surface area contributed by atoms with Gasteiger partial charge in [-0.2, -0.15) is 0 Å². The lowest BCUT2D eigenvalue weighted by Gasteiger charge is -2.21. The van der Waals surface area contributed by atoms with E-state index in [1.807, 2.05) is 18.2 Å². The van der Waals surface area contributed by atoms with Gasteiger partial charge in [0.05, 0.1) is 24.3 Å². The van der Waals surface area contributed by atoms with Gasteiger partial charge in [0.15, 0.2) is 18.2 Å². The standard InChI is InChI=1S/C23H24N6O5/c1-33-15-3-4-16-17(10-15)28(22(32)11-25-16)8-2-7-24-14-9-21(31)29(12-14)19-6-5-18-23(26-19)27-20(30)13-34-18/h3-6,10-11,14,24H,2,7-9,12-13H2,1H3,(H,26,27,30). The van der Waals surface area contributed by atoms with E-state index < -0.39 is 0 Å². The highest BCUT2D eigenvalue weighted by molar-refractivity contribution is 5.97. The van der Waals surface area contributed by atoms with E-state index in [4.69, 9.17) is 9.47 Å². The van der Waals surface area contributed by atoms with E-state index in [0.717, 1.165) is 11.0 Å². The molecular weight excluding hydrogens is 440 g/mol. The molecule has 1 fully saturated rings. The summed E-state index contributed by atoms with van der Waals surface area (Å²) in [5.74, 6) is 1.63. The second-order valence-corrected chi connectivity index (χ2v) is 8.17. The topological polar surface area (TPSA) is 128 Å². The van der Waals surface area contributed by atoms with Crippen LogP contribution in [0, 0.1) is 0 Å². The molecule has 2 N–H and O–H groups in total. The maximum Gasteiger partial charge on any atom is 0.269 e. The van der Waals surface area contributed by atoms with Crippen LogP contribution in [0.1, 0.15) is 12.8 Å². The number of benzene rings is 1. The number of carbonyl (C=O) groups excluding carboxylic acids is 2. The molecule has 0 aliphatic carbocycles. The van der Waals surface area contributed by atoms with Gasteiger partial charge in [0.2, 0.25) is 5.91 Å². The summed E-state index contributed by atoms with van der Waals surface area (Å²) < 4.78 is 12.3. The number of amides is 2. The number of aryl methyl sites for hydroxylation is 1. The number of nitrogens with zero attached hydrogens (tertiary/aromatic N) is 4. The number of anilines is 2. The maximum atomic E-state index is 12.6. The quantitative estimate of drug-likeness (QED) is 0.494. The first kappa shape index (κ1) is 21.8. The van der Waals surface area contributed by atoms with Crippen LogP contribution in [0.2, 0.25) is 0 Å². The van der Waals surface area contributed by atoms with Crippen molar-refractivity contribution in [1.29, 1.82) is 0 Å². The van der Waals surface area contributed by atoms with Crippen LogP contribution in [0.15, 0.2) is 41.3 Å². The van der Waals surface area contributed by atoms with Gasteiger partial charge in [-0.05, 0) is 37.2 Å². The van der Waals surface area contributed by atoms with Crippen LogP contribution in [0.25, 0.3) is 11.0 Å². The van der Waals surface area contributed by atoms with Crippen molar-refractivity contribution in [3.8, 4) is 11.5 Å². The number of methoxy groups -OCH3 is 1. The smallest absolute Gasteiger partial charge is 0.269 e. The van der Waals surface area contributed by atoms with E-state index in [9.17, 15) is 14.4 Å². The van der Waals surface area contributed by atoms with Crippen molar-refractivity contribution in [3.63, 3.8) is 0 Å². The molecule has 0 spiro atoms. The molecule has 0 radical (unpaired) electrons. The number of pyridine rings is 1. The minimum atomic E-state index is -0.274. The Bertz CT molecular complexity index is 1320. The fourth-order valence-electron chi connectivity index (χ4n) is 4.21. The zero-order chi connectivity index (χ0) is 23.7. The summed E-state index contributed by atoms with van der Waals surface area (Å²) in [5.41, 5.74) is 1.28. The molecule has 1 aromatic carbocycles. The molecule has 11 nitrogen and oxygen atoms in total. The SMILES string of the molecule is COc1ccc2ncc(=O)n(CCCNC3CC(=O)N(c4ccc5c(n4)NC(=O)CO5)C3)c2c1. The summed E-state index contributed by atoms with van der Waals surface area (Å²) in [5, 5.41) is 6.06. The van der Waals surface area contributed by atoms with Crippen LogP contribution in [-0.2, 0) is 16.1 Å². The Labute approximate surface area is 194 Å². The Hall–Kier alpha value is -3.99. The van der Waals surface area contributed by atoms with Gasteiger partial charge in [0, 0.05) is 31.6 Å². The fraction of sp³-hybridized carbons (Fsp3) is 0.348. The van der Waals surface area contributed by atoms with Crippen molar-refractivity contribution in [3.05, 3.63) is 46.9 Å². The molecule has 4 heterocycles. The van der Waals surface area contributed by atoms with Crippen LogP contribution in [-0.4, -0.2) is 59.2 Å². The van der Waals surface area contributed by atoms with Crippen molar-refractivity contribution in [2.45, 2.75) is 25.4 Å². The third kappa shape index (κ3) is 4.29. The van der Waals surface area contributed by atoms with E-state index in [0.29, 0.717) is 55.6 Å². The summed E-state index contributed by atoms with van der Waals surface area (Å²) in [4.78, 5) is 46.7. The lowest BCUT2D eigenvalue weighted by Crippen LogP contribution is -2.34. The molecule has 5 rings (SSSR count). The molecule has 0 saturated carbocycles. The van der Waals surface area contributed by atoms with Crippen LogP contribution in [0.4, 0.5) is 11.6 Å². The number of rotatable bonds is 7. The van der Waals surface area contributed by atoms with Crippen LogP contribution in [0.3, 0.4) is 0 Å². The van der Waals surface area contributed by atoms with Gasteiger partial charge in [-0.1, -0.05) is 0 Å². The number of hydrogen-bond donors (Lipinski definition) is 2. The van der Waals surface area contributed by atoms with E-state index in [1.54, 1.807) is 28.7 Å². The lowest BCUT2D eigenvalue weighted by molar-refractivity contribution is -0.118. The highest BCUT2D eigenvalue weighted by Gasteiger charge is 2.32. The van der Waals surface area contributed by atoms with E-state index in [2.05, 4.69) is 20.6 Å². The molecule has 2 aliphatic rings. The van der Waals surface area contributed by atoms with Crippen molar-refractivity contribution in [2.24, 2.45) is 0 Å². The lowest BCUT2D eigenvalue weighted by atomic mass is 10.2. The van der Waals surface area contributed by atoms with Gasteiger partial charge in [-0.15, -0.1) is 0 Å². The second kappa shape index (κ2) is 9.10. The Morgan fingerprint density at radius 3 is 2.97 bits per heavy atom. The van der Waals surface area contributed by atoms with E-state index in [1.165, 1.54) is 6.20 Å². The average Bonchev–Trinajstić information content (AvgIpc) is 3.22. The number of fused-ring (bicyclic) bond motifs is 2. The normalized spacial score (nSPS) is 17.4. The molecule has 2 aromatic heterocycles. The van der Waals surface area contributed by atoms with Crippen LogP contribution in [0.5, 0.6) is 11.5 Å². The predicted octanol–water partition coefficient (Wildman–Crippen LogP) is 0.916. The summed E-state index contributed by atoms with van der Waals surface area (Å²) in [6, 6.07) is 8.83. The van der Waals surface area contributed by atoms with Gasteiger partial charge in [0.25, 0.3) is 11.5 Å². The Morgan fingerprint density at radius 1 is 1.24 bits per heavy atom. The minimum absolute atomic E-state index is 0.0397. The Kier molecular flexibility index (Phi) is 5.84. The minimum Gasteiger partial charge on any atom is -0.497 e. The number of nitrogens with one attached hydrogen (secondary N) is 2. The van der Waals surface area contributed by atoms with Crippen molar-refractivity contribution >= 4 is 34.5 Å². The molecule has 176 valence electrons. The molecule has 1 saturated heterocycles. The van der Waals surface area contributed by atoms with Gasteiger partial charge in [-0.3, -0.25) is 19.3 Å². The molecule has 1 unspecified atom stereocenters. The molecule has 3 aromatic rings. The summed E-state index contributed by atoms with van der Waals surface area (Å²) >= 11 is 0. The van der Waals surface area contributed by atoms with Crippen molar-refractivity contribution < 1.29 is 19.1 Å². The number of carbonyl (C=O) groups is 2. The molecule has 0 bridgehead atoms. The maximum absolute atomic E-state index is 12.6. The highest BCUT2D eigenvalue weighted by Crippen LogP contribution is 2.30. The van der Waals surface area contributed by atoms with E-state index >= 15 is 0 Å². The highest BCUT2D eigenvalue weighted by atomic mass is 16.5. The second-order valence-electron chi connectivity index (χ2n) is 8.17. The van der Waals surface area contributed by atoms with Gasteiger partial charge >= 0.3 is 0 Å². The predicted molar refractivity (Wildman–Crippen MR) is 124 cm³/mol. The van der Waals surface area contributed by atoms with Crippen molar-refractivity contribution in [2.75, 3.05) is 37.0 Å². The number of ether oxygens (including phenoxy) is 2. The Balaban J connectivity index is 1.20. The van der Waals surface area contributed by atoms with Crippen LogP contribution >= 0.6 is 0 Å². The largest absolute Gasteiger partial charge is 0.497 e. The first-order chi connectivity index (χ1) is 16.5. The average molecular weight is 464 g/mol. The van der Waals surface area contributed by atoms with Gasteiger partial charge in [-0.25, -0.2) is 9.97 Å². The molecular formula is C23H24N6O5. The molecule has 2 aliphatic heterocycles.